The summed E-state index contributed by atoms with van der Waals surface area (Å²) in [7, 11) is 0. The van der Waals surface area contributed by atoms with E-state index in [9.17, 15) is 0 Å². The maximum Gasteiger partial charge on any atom is 0.222 e. The molecule has 2 aromatic heterocycles. The minimum absolute atomic E-state index is 0.236. The Hall–Kier alpha value is -1.49. The van der Waals surface area contributed by atoms with E-state index in [2.05, 4.69) is 20.3 Å². The number of hydrogen-bond donors (Lipinski definition) is 0. The van der Waals surface area contributed by atoms with Crippen LogP contribution in [0.25, 0.3) is 11.4 Å². The summed E-state index contributed by atoms with van der Waals surface area (Å²) < 4.78 is 1.96. The van der Waals surface area contributed by atoms with Crippen LogP contribution in [0.2, 0.25) is 5.28 Å². The van der Waals surface area contributed by atoms with Crippen molar-refractivity contribution in [3.63, 3.8) is 0 Å². The largest absolute Gasteiger partial charge is 0.249 e. The molecular formula is C12H14ClN5. The fourth-order valence-electron chi connectivity index (χ4n) is 2.40. The molecule has 18 heavy (non-hydrogen) atoms. The van der Waals surface area contributed by atoms with Crippen LogP contribution in [0.15, 0.2) is 18.5 Å². The first-order chi connectivity index (χ1) is 8.83. The molecule has 0 radical (unpaired) electrons. The van der Waals surface area contributed by atoms with Gasteiger partial charge in [-0.2, -0.15) is 0 Å². The van der Waals surface area contributed by atoms with Crippen molar-refractivity contribution in [2.24, 2.45) is 0 Å². The first-order valence-corrected chi connectivity index (χ1v) is 6.61. The van der Waals surface area contributed by atoms with Gasteiger partial charge in [-0.25, -0.2) is 14.6 Å². The molecule has 6 heteroatoms. The second kappa shape index (κ2) is 5.02. The summed E-state index contributed by atoms with van der Waals surface area (Å²) in [6, 6.07) is 2.28. The summed E-state index contributed by atoms with van der Waals surface area (Å²) in [4.78, 5) is 8.00. The molecule has 0 unspecified atom stereocenters. The molecule has 2 aromatic rings. The summed E-state index contributed by atoms with van der Waals surface area (Å²) in [5, 5.41) is 8.61. The molecule has 2 heterocycles. The predicted octanol–water partition coefficient (Wildman–Crippen LogP) is 2.89. The summed E-state index contributed by atoms with van der Waals surface area (Å²) in [5.74, 6) is 0. The normalized spacial score (nSPS) is 16.9. The van der Waals surface area contributed by atoms with Gasteiger partial charge >= 0.3 is 0 Å². The quantitative estimate of drug-likeness (QED) is 0.782. The molecule has 5 nitrogen and oxygen atoms in total. The maximum absolute atomic E-state index is 5.77. The predicted molar refractivity (Wildman–Crippen MR) is 68.2 cm³/mol. The standard InChI is InChI=1S/C12H14ClN5/c13-12-14-7-6-10(15-12)11-8-18(17-16-11)9-4-2-1-3-5-9/h6-9H,1-5H2. The van der Waals surface area contributed by atoms with Crippen molar-refractivity contribution < 1.29 is 0 Å². The van der Waals surface area contributed by atoms with Crippen molar-refractivity contribution >= 4 is 11.6 Å². The molecule has 0 aromatic carbocycles. The number of halogens is 1. The van der Waals surface area contributed by atoms with E-state index in [1.165, 1.54) is 32.1 Å². The zero-order valence-electron chi connectivity index (χ0n) is 9.96. The molecule has 0 N–H and O–H groups in total. The molecule has 0 atom stereocenters. The number of hydrogen-bond acceptors (Lipinski definition) is 4. The third-order valence-corrected chi connectivity index (χ3v) is 3.53. The van der Waals surface area contributed by atoms with Gasteiger partial charge in [0.05, 0.1) is 17.9 Å². The number of aromatic nitrogens is 5. The summed E-state index contributed by atoms with van der Waals surface area (Å²) in [6.07, 6.45) is 9.84. The van der Waals surface area contributed by atoms with Crippen LogP contribution in [-0.2, 0) is 0 Å². The van der Waals surface area contributed by atoms with E-state index in [0.29, 0.717) is 6.04 Å². The molecule has 3 rings (SSSR count). The Bertz CT molecular complexity index is 533. The van der Waals surface area contributed by atoms with Crippen molar-refractivity contribution in [1.82, 2.24) is 25.0 Å². The molecule has 0 aliphatic heterocycles. The van der Waals surface area contributed by atoms with Crippen molar-refractivity contribution in [3.05, 3.63) is 23.7 Å². The van der Waals surface area contributed by atoms with E-state index < -0.39 is 0 Å². The second-order valence-corrected chi connectivity index (χ2v) is 4.92. The summed E-state index contributed by atoms with van der Waals surface area (Å²) in [5.41, 5.74) is 1.47. The highest BCUT2D eigenvalue weighted by molar-refractivity contribution is 6.28. The molecule has 0 amide bonds. The highest BCUT2D eigenvalue weighted by Crippen LogP contribution is 2.28. The Morgan fingerprint density at radius 3 is 2.78 bits per heavy atom. The van der Waals surface area contributed by atoms with Crippen LogP contribution < -0.4 is 0 Å². The Labute approximate surface area is 110 Å². The van der Waals surface area contributed by atoms with Crippen LogP contribution in [-0.4, -0.2) is 25.0 Å². The van der Waals surface area contributed by atoms with Gasteiger partial charge in [-0.3, -0.25) is 0 Å². The Balaban J connectivity index is 1.84. The topological polar surface area (TPSA) is 56.5 Å². The summed E-state index contributed by atoms with van der Waals surface area (Å²) >= 11 is 5.77. The Morgan fingerprint density at radius 1 is 1.17 bits per heavy atom. The number of nitrogens with zero attached hydrogens (tertiary/aromatic N) is 5. The van der Waals surface area contributed by atoms with Crippen molar-refractivity contribution in [3.8, 4) is 11.4 Å². The SMILES string of the molecule is Clc1nccc(-c2cn(C3CCCCC3)nn2)n1. The first-order valence-electron chi connectivity index (χ1n) is 6.24. The minimum Gasteiger partial charge on any atom is -0.249 e. The van der Waals surface area contributed by atoms with Gasteiger partial charge in [-0.05, 0) is 30.5 Å². The molecule has 0 spiro atoms. The minimum atomic E-state index is 0.236. The van der Waals surface area contributed by atoms with Gasteiger partial charge in [0.15, 0.2) is 0 Å². The molecule has 1 saturated carbocycles. The maximum atomic E-state index is 5.77. The highest BCUT2D eigenvalue weighted by Gasteiger charge is 2.17. The van der Waals surface area contributed by atoms with Gasteiger partial charge in [-0.1, -0.05) is 24.5 Å². The van der Waals surface area contributed by atoms with Crippen LogP contribution in [0, 0.1) is 0 Å². The van der Waals surface area contributed by atoms with Crippen molar-refractivity contribution in [1.29, 1.82) is 0 Å². The van der Waals surface area contributed by atoms with Crippen LogP contribution >= 0.6 is 11.6 Å². The summed E-state index contributed by atoms with van der Waals surface area (Å²) in [6.45, 7) is 0. The van der Waals surface area contributed by atoms with Gasteiger partial charge in [0, 0.05) is 6.20 Å². The van der Waals surface area contributed by atoms with E-state index in [1.54, 1.807) is 12.3 Å². The molecule has 1 aliphatic carbocycles. The van der Waals surface area contributed by atoms with Crippen LogP contribution in [0.5, 0.6) is 0 Å². The average Bonchev–Trinajstić information content (AvgIpc) is 2.89. The lowest BCUT2D eigenvalue weighted by atomic mass is 9.96. The third-order valence-electron chi connectivity index (χ3n) is 3.35. The zero-order chi connectivity index (χ0) is 12.4. The lowest BCUT2D eigenvalue weighted by Gasteiger charge is -2.20. The second-order valence-electron chi connectivity index (χ2n) is 4.59. The van der Waals surface area contributed by atoms with Gasteiger partial charge < -0.3 is 0 Å². The van der Waals surface area contributed by atoms with Gasteiger partial charge in [0.1, 0.15) is 5.69 Å². The smallest absolute Gasteiger partial charge is 0.222 e. The van der Waals surface area contributed by atoms with Crippen LogP contribution in [0.1, 0.15) is 38.1 Å². The monoisotopic (exact) mass is 263 g/mol. The highest BCUT2D eigenvalue weighted by atomic mass is 35.5. The van der Waals surface area contributed by atoms with Crippen LogP contribution in [0.4, 0.5) is 0 Å². The average molecular weight is 264 g/mol. The van der Waals surface area contributed by atoms with E-state index >= 15 is 0 Å². The van der Waals surface area contributed by atoms with E-state index in [4.69, 9.17) is 11.6 Å². The fraction of sp³-hybridized carbons (Fsp3) is 0.500. The lowest BCUT2D eigenvalue weighted by molar-refractivity contribution is 0.324. The van der Waals surface area contributed by atoms with E-state index in [-0.39, 0.29) is 5.28 Å². The van der Waals surface area contributed by atoms with Crippen LogP contribution in [0.3, 0.4) is 0 Å². The lowest BCUT2D eigenvalue weighted by Crippen LogP contribution is -2.13. The molecule has 0 saturated heterocycles. The van der Waals surface area contributed by atoms with Crippen molar-refractivity contribution in [2.45, 2.75) is 38.1 Å². The van der Waals surface area contributed by atoms with Gasteiger partial charge in [-0.15, -0.1) is 5.10 Å². The molecule has 1 fully saturated rings. The van der Waals surface area contributed by atoms with E-state index in [0.717, 1.165) is 11.4 Å². The molecule has 0 bridgehead atoms. The number of rotatable bonds is 2. The third kappa shape index (κ3) is 2.36. The first kappa shape index (κ1) is 11.6. The molecular weight excluding hydrogens is 250 g/mol. The Morgan fingerprint density at radius 2 is 2.00 bits per heavy atom. The van der Waals surface area contributed by atoms with Gasteiger partial charge in [0.25, 0.3) is 0 Å². The zero-order valence-corrected chi connectivity index (χ0v) is 10.7. The fourth-order valence-corrected chi connectivity index (χ4v) is 2.54. The van der Waals surface area contributed by atoms with E-state index in [1.807, 2.05) is 10.9 Å². The van der Waals surface area contributed by atoms with Gasteiger partial charge in [0.2, 0.25) is 5.28 Å². The molecule has 94 valence electrons. The van der Waals surface area contributed by atoms with Crippen molar-refractivity contribution in [2.75, 3.05) is 0 Å². The Kier molecular flexibility index (Phi) is 3.23. The molecule has 1 aliphatic rings.